The van der Waals surface area contributed by atoms with Gasteiger partial charge in [0.15, 0.2) is 0 Å². The van der Waals surface area contributed by atoms with Crippen LogP contribution in [0.2, 0.25) is 5.02 Å². The standard InChI is InChI=1S/C15H17ClFNS/c1-3-10-7-8-15(19-10)14(18-2)9-11-12(16)5-4-6-13(11)17/h4-8,14,18H,3,9H2,1-2H3. The van der Waals surface area contributed by atoms with Gasteiger partial charge in [0.1, 0.15) is 5.82 Å². The molecule has 0 aliphatic rings. The maximum atomic E-state index is 13.8. The highest BCUT2D eigenvalue weighted by Gasteiger charge is 2.16. The number of nitrogens with one attached hydrogen (secondary N) is 1. The predicted molar refractivity (Wildman–Crippen MR) is 80.6 cm³/mol. The number of benzene rings is 1. The van der Waals surface area contributed by atoms with E-state index in [1.54, 1.807) is 23.5 Å². The summed E-state index contributed by atoms with van der Waals surface area (Å²) in [5.74, 6) is -0.236. The van der Waals surface area contributed by atoms with Crippen LogP contribution in [0.15, 0.2) is 30.3 Å². The molecular formula is C15H17ClFNS. The van der Waals surface area contributed by atoms with Gasteiger partial charge >= 0.3 is 0 Å². The van der Waals surface area contributed by atoms with Crippen LogP contribution in [0.25, 0.3) is 0 Å². The number of halogens is 2. The highest BCUT2D eigenvalue weighted by molar-refractivity contribution is 7.12. The van der Waals surface area contributed by atoms with Gasteiger partial charge in [-0.3, -0.25) is 0 Å². The Morgan fingerprint density at radius 1 is 1.32 bits per heavy atom. The van der Waals surface area contributed by atoms with Gasteiger partial charge in [0, 0.05) is 26.4 Å². The normalized spacial score (nSPS) is 12.6. The van der Waals surface area contributed by atoms with Crippen molar-refractivity contribution in [2.24, 2.45) is 0 Å². The molecule has 19 heavy (non-hydrogen) atoms. The molecule has 0 aliphatic heterocycles. The molecule has 1 atom stereocenters. The first kappa shape index (κ1) is 14.5. The lowest BCUT2D eigenvalue weighted by Gasteiger charge is -2.16. The topological polar surface area (TPSA) is 12.0 Å². The Morgan fingerprint density at radius 3 is 2.68 bits per heavy atom. The SMILES string of the molecule is CCc1ccc(C(Cc2c(F)cccc2Cl)NC)s1. The molecule has 0 spiro atoms. The molecule has 0 fully saturated rings. The van der Waals surface area contributed by atoms with Crippen molar-refractivity contribution in [3.05, 3.63) is 56.5 Å². The zero-order valence-electron chi connectivity index (χ0n) is 11.0. The molecule has 0 saturated carbocycles. The van der Waals surface area contributed by atoms with E-state index in [-0.39, 0.29) is 11.9 Å². The minimum atomic E-state index is -0.236. The van der Waals surface area contributed by atoms with Gasteiger partial charge < -0.3 is 5.32 Å². The van der Waals surface area contributed by atoms with Crippen LogP contribution in [0, 0.1) is 5.82 Å². The molecule has 1 unspecified atom stereocenters. The van der Waals surface area contributed by atoms with Crippen molar-refractivity contribution in [1.82, 2.24) is 5.32 Å². The van der Waals surface area contributed by atoms with Gasteiger partial charge in [-0.2, -0.15) is 0 Å². The number of aryl methyl sites for hydroxylation is 1. The minimum Gasteiger partial charge on any atom is -0.312 e. The lowest BCUT2D eigenvalue weighted by Crippen LogP contribution is -2.18. The van der Waals surface area contributed by atoms with Gasteiger partial charge in [0.05, 0.1) is 0 Å². The minimum absolute atomic E-state index is 0.0969. The highest BCUT2D eigenvalue weighted by Crippen LogP contribution is 2.29. The molecule has 2 aromatic rings. The molecule has 0 radical (unpaired) electrons. The Labute approximate surface area is 122 Å². The number of likely N-dealkylation sites (N-methyl/N-ethyl adjacent to an activating group) is 1. The molecule has 1 nitrogen and oxygen atoms in total. The van der Waals surface area contributed by atoms with Crippen molar-refractivity contribution in [2.45, 2.75) is 25.8 Å². The number of hydrogen-bond donors (Lipinski definition) is 1. The average molecular weight is 298 g/mol. The summed E-state index contributed by atoms with van der Waals surface area (Å²) < 4.78 is 13.8. The van der Waals surface area contributed by atoms with Crippen LogP contribution in [0.5, 0.6) is 0 Å². The predicted octanol–water partition coefficient (Wildman–Crippen LogP) is 4.61. The van der Waals surface area contributed by atoms with Crippen molar-refractivity contribution in [3.8, 4) is 0 Å². The molecule has 1 N–H and O–H groups in total. The lowest BCUT2D eigenvalue weighted by atomic mass is 10.0. The summed E-state index contributed by atoms with van der Waals surface area (Å²) in [6.07, 6.45) is 1.59. The van der Waals surface area contributed by atoms with E-state index in [0.717, 1.165) is 6.42 Å². The molecular weight excluding hydrogens is 281 g/mol. The summed E-state index contributed by atoms with van der Waals surface area (Å²) in [7, 11) is 1.89. The summed E-state index contributed by atoms with van der Waals surface area (Å²) in [6, 6.07) is 9.17. The fourth-order valence-corrected chi connectivity index (χ4v) is 3.35. The van der Waals surface area contributed by atoms with Crippen LogP contribution in [0.1, 0.15) is 28.3 Å². The number of rotatable bonds is 5. The van der Waals surface area contributed by atoms with E-state index in [0.29, 0.717) is 17.0 Å². The van der Waals surface area contributed by atoms with Gasteiger partial charge in [-0.25, -0.2) is 4.39 Å². The number of hydrogen-bond acceptors (Lipinski definition) is 2. The molecule has 2 rings (SSSR count). The van der Waals surface area contributed by atoms with E-state index in [9.17, 15) is 4.39 Å². The van der Waals surface area contributed by atoms with Crippen LogP contribution in [0.4, 0.5) is 4.39 Å². The number of thiophene rings is 1. The fraction of sp³-hybridized carbons (Fsp3) is 0.333. The van der Waals surface area contributed by atoms with Gasteiger partial charge in [0.25, 0.3) is 0 Å². The van der Waals surface area contributed by atoms with Gasteiger partial charge in [-0.05, 0) is 44.2 Å². The largest absolute Gasteiger partial charge is 0.312 e. The third kappa shape index (κ3) is 3.35. The summed E-state index contributed by atoms with van der Waals surface area (Å²) in [5.41, 5.74) is 0.579. The molecule has 1 aromatic heterocycles. The molecule has 4 heteroatoms. The quantitative estimate of drug-likeness (QED) is 0.850. The molecule has 0 amide bonds. The van der Waals surface area contributed by atoms with Crippen LogP contribution in [-0.4, -0.2) is 7.05 Å². The maximum Gasteiger partial charge on any atom is 0.127 e. The first-order chi connectivity index (χ1) is 9.15. The Kier molecular flexibility index (Phi) is 4.97. The first-order valence-electron chi connectivity index (χ1n) is 6.34. The van der Waals surface area contributed by atoms with E-state index >= 15 is 0 Å². The fourth-order valence-electron chi connectivity index (χ4n) is 2.05. The average Bonchev–Trinajstić information content (AvgIpc) is 2.87. The van der Waals surface area contributed by atoms with Crippen molar-refractivity contribution >= 4 is 22.9 Å². The van der Waals surface area contributed by atoms with E-state index in [1.165, 1.54) is 15.8 Å². The van der Waals surface area contributed by atoms with Gasteiger partial charge in [-0.1, -0.05) is 24.6 Å². The van der Waals surface area contributed by atoms with E-state index < -0.39 is 0 Å². The second-order valence-electron chi connectivity index (χ2n) is 4.40. The first-order valence-corrected chi connectivity index (χ1v) is 7.54. The van der Waals surface area contributed by atoms with E-state index in [4.69, 9.17) is 11.6 Å². The second kappa shape index (κ2) is 6.51. The third-order valence-corrected chi connectivity index (χ3v) is 4.89. The Balaban J connectivity index is 2.24. The second-order valence-corrected chi connectivity index (χ2v) is 6.01. The summed E-state index contributed by atoms with van der Waals surface area (Å²) in [4.78, 5) is 2.56. The van der Waals surface area contributed by atoms with Crippen molar-refractivity contribution in [3.63, 3.8) is 0 Å². The smallest absolute Gasteiger partial charge is 0.127 e. The van der Waals surface area contributed by atoms with Crippen LogP contribution >= 0.6 is 22.9 Å². The third-order valence-electron chi connectivity index (χ3n) is 3.19. The summed E-state index contributed by atoms with van der Waals surface area (Å²) >= 11 is 7.85. The Morgan fingerprint density at radius 2 is 2.11 bits per heavy atom. The van der Waals surface area contributed by atoms with Crippen molar-refractivity contribution < 1.29 is 4.39 Å². The summed E-state index contributed by atoms with van der Waals surface area (Å²) in [5, 5.41) is 3.74. The van der Waals surface area contributed by atoms with Gasteiger partial charge in [-0.15, -0.1) is 11.3 Å². The maximum absolute atomic E-state index is 13.8. The lowest BCUT2D eigenvalue weighted by molar-refractivity contribution is 0.560. The van der Waals surface area contributed by atoms with E-state index in [1.807, 2.05) is 7.05 Å². The zero-order valence-corrected chi connectivity index (χ0v) is 12.6. The van der Waals surface area contributed by atoms with Crippen LogP contribution < -0.4 is 5.32 Å². The van der Waals surface area contributed by atoms with Crippen molar-refractivity contribution in [2.75, 3.05) is 7.05 Å². The molecule has 102 valence electrons. The molecule has 1 heterocycles. The Hall–Kier alpha value is -0.900. The van der Waals surface area contributed by atoms with Crippen LogP contribution in [-0.2, 0) is 12.8 Å². The monoisotopic (exact) mass is 297 g/mol. The molecule has 0 saturated heterocycles. The molecule has 1 aromatic carbocycles. The molecule has 0 bridgehead atoms. The van der Waals surface area contributed by atoms with Gasteiger partial charge in [0.2, 0.25) is 0 Å². The summed E-state index contributed by atoms with van der Waals surface area (Å²) in [6.45, 7) is 2.14. The van der Waals surface area contributed by atoms with E-state index in [2.05, 4.69) is 24.4 Å². The highest BCUT2D eigenvalue weighted by atomic mass is 35.5. The van der Waals surface area contributed by atoms with Crippen molar-refractivity contribution in [1.29, 1.82) is 0 Å². The molecule has 0 aliphatic carbocycles. The Bertz CT molecular complexity index is 533. The van der Waals surface area contributed by atoms with Crippen LogP contribution in [0.3, 0.4) is 0 Å². The zero-order chi connectivity index (χ0) is 13.8.